The Kier molecular flexibility index (Phi) is 4.30. The summed E-state index contributed by atoms with van der Waals surface area (Å²) in [6, 6.07) is 3.99. The molecule has 1 saturated heterocycles. The summed E-state index contributed by atoms with van der Waals surface area (Å²) in [5.41, 5.74) is 1.16. The molecule has 1 atom stereocenters. The maximum absolute atomic E-state index is 5.55. The van der Waals surface area contributed by atoms with Crippen molar-refractivity contribution in [2.24, 2.45) is 5.92 Å². The molecular weight excluding hydrogens is 306 g/mol. The molecule has 1 fully saturated rings. The summed E-state index contributed by atoms with van der Waals surface area (Å²) in [5, 5.41) is 0. The van der Waals surface area contributed by atoms with Crippen molar-refractivity contribution in [3.05, 3.63) is 36.4 Å². The third-order valence-corrected chi connectivity index (χ3v) is 4.80. The number of fused-ring (bicyclic) bond motifs is 1. The first kappa shape index (κ1) is 15.3. The third-order valence-electron chi connectivity index (χ3n) is 4.80. The van der Waals surface area contributed by atoms with Crippen LogP contribution in [0.2, 0.25) is 0 Å². The summed E-state index contributed by atoms with van der Waals surface area (Å²) in [7, 11) is 1.71. The normalized spacial score (nSPS) is 20.3. The number of ether oxygens (including phenoxy) is 3. The van der Waals surface area contributed by atoms with Gasteiger partial charge in [-0.3, -0.25) is 4.90 Å². The van der Waals surface area contributed by atoms with Crippen LogP contribution >= 0.6 is 0 Å². The molecule has 1 aromatic carbocycles. The third kappa shape index (κ3) is 3.19. The average molecular weight is 329 g/mol. The smallest absolute Gasteiger partial charge is 0.231 e. The Bertz CT molecular complexity index is 687. The van der Waals surface area contributed by atoms with Gasteiger partial charge in [-0.25, -0.2) is 4.98 Å². The zero-order valence-electron chi connectivity index (χ0n) is 14.0. The van der Waals surface area contributed by atoms with E-state index in [4.69, 9.17) is 14.2 Å². The highest BCUT2D eigenvalue weighted by Gasteiger charge is 2.23. The summed E-state index contributed by atoms with van der Waals surface area (Å²) in [6.45, 7) is 4.42. The molecule has 1 aromatic heterocycles. The monoisotopic (exact) mass is 329 g/mol. The number of benzene rings is 1. The van der Waals surface area contributed by atoms with Gasteiger partial charge in [-0.05, 0) is 31.4 Å². The minimum absolute atomic E-state index is 0.290. The van der Waals surface area contributed by atoms with Crippen LogP contribution in [0.1, 0.15) is 18.4 Å². The minimum atomic E-state index is 0.290. The zero-order chi connectivity index (χ0) is 16.4. The molecule has 2 aliphatic rings. The zero-order valence-corrected chi connectivity index (χ0v) is 14.0. The van der Waals surface area contributed by atoms with Crippen molar-refractivity contribution in [1.82, 2.24) is 14.5 Å². The standard InChI is InChI=1S/C18H23N3O3/c1-22-16-8-18-17(23-13-24-18)7-15(16)11-20-5-2-3-14(9-20)10-21-6-4-19-12-21/h4,6-8,12,14H,2-3,5,9-11,13H2,1H3. The van der Waals surface area contributed by atoms with Crippen LogP contribution in [-0.4, -0.2) is 41.4 Å². The van der Waals surface area contributed by atoms with E-state index in [1.165, 1.54) is 12.8 Å². The van der Waals surface area contributed by atoms with Crippen molar-refractivity contribution in [2.75, 3.05) is 27.0 Å². The van der Waals surface area contributed by atoms with Crippen molar-refractivity contribution >= 4 is 0 Å². The molecule has 128 valence electrons. The Labute approximate surface area is 142 Å². The van der Waals surface area contributed by atoms with E-state index in [2.05, 4.69) is 20.5 Å². The Morgan fingerprint density at radius 3 is 2.96 bits per heavy atom. The second-order valence-corrected chi connectivity index (χ2v) is 6.52. The van der Waals surface area contributed by atoms with E-state index in [0.29, 0.717) is 12.7 Å². The van der Waals surface area contributed by atoms with Crippen LogP contribution in [0.15, 0.2) is 30.9 Å². The van der Waals surface area contributed by atoms with Crippen LogP contribution < -0.4 is 14.2 Å². The first-order chi connectivity index (χ1) is 11.8. The Balaban J connectivity index is 1.44. The highest BCUT2D eigenvalue weighted by atomic mass is 16.7. The number of methoxy groups -OCH3 is 1. The lowest BCUT2D eigenvalue weighted by molar-refractivity contribution is 0.154. The van der Waals surface area contributed by atoms with Gasteiger partial charge in [0.05, 0.1) is 13.4 Å². The summed E-state index contributed by atoms with van der Waals surface area (Å²) in [6.07, 6.45) is 8.29. The molecule has 0 aliphatic carbocycles. The first-order valence-electron chi connectivity index (χ1n) is 8.46. The number of imidazole rings is 1. The Morgan fingerprint density at radius 1 is 1.29 bits per heavy atom. The number of piperidine rings is 1. The van der Waals surface area contributed by atoms with Gasteiger partial charge >= 0.3 is 0 Å². The van der Waals surface area contributed by atoms with Gasteiger partial charge in [-0.1, -0.05) is 0 Å². The SMILES string of the molecule is COc1cc2c(cc1CN1CCCC(Cn3ccnc3)C1)OCO2. The summed E-state index contributed by atoms with van der Waals surface area (Å²) < 4.78 is 18.7. The molecule has 4 rings (SSSR count). The molecule has 0 N–H and O–H groups in total. The molecule has 6 nitrogen and oxygen atoms in total. The lowest BCUT2D eigenvalue weighted by Crippen LogP contribution is -2.36. The minimum Gasteiger partial charge on any atom is -0.496 e. The molecule has 6 heteroatoms. The van der Waals surface area contributed by atoms with Crippen LogP contribution in [0.4, 0.5) is 0 Å². The number of likely N-dealkylation sites (tertiary alicyclic amines) is 1. The second kappa shape index (κ2) is 6.73. The van der Waals surface area contributed by atoms with Gasteiger partial charge in [0, 0.05) is 43.7 Å². The molecular formula is C18H23N3O3. The Hall–Kier alpha value is -2.21. The largest absolute Gasteiger partial charge is 0.496 e. The van der Waals surface area contributed by atoms with Gasteiger partial charge < -0.3 is 18.8 Å². The fraction of sp³-hybridized carbons (Fsp3) is 0.500. The molecule has 0 bridgehead atoms. The van der Waals surface area contributed by atoms with Crippen LogP contribution in [0.3, 0.4) is 0 Å². The van der Waals surface area contributed by atoms with E-state index < -0.39 is 0 Å². The van der Waals surface area contributed by atoms with Gasteiger partial charge in [0.15, 0.2) is 11.5 Å². The number of hydrogen-bond donors (Lipinski definition) is 0. The maximum Gasteiger partial charge on any atom is 0.231 e. The highest BCUT2D eigenvalue weighted by Crippen LogP contribution is 2.38. The van der Waals surface area contributed by atoms with E-state index in [1.807, 2.05) is 24.8 Å². The maximum atomic E-state index is 5.55. The average Bonchev–Trinajstić information content (AvgIpc) is 3.25. The van der Waals surface area contributed by atoms with Crippen molar-refractivity contribution in [2.45, 2.75) is 25.9 Å². The number of nitrogens with zero attached hydrogens (tertiary/aromatic N) is 3. The van der Waals surface area contributed by atoms with Crippen LogP contribution in [0.25, 0.3) is 0 Å². The van der Waals surface area contributed by atoms with Crippen molar-refractivity contribution in [3.8, 4) is 17.2 Å². The van der Waals surface area contributed by atoms with Gasteiger partial charge in [-0.2, -0.15) is 0 Å². The summed E-state index contributed by atoms with van der Waals surface area (Å²) >= 11 is 0. The van der Waals surface area contributed by atoms with E-state index in [1.54, 1.807) is 7.11 Å². The van der Waals surface area contributed by atoms with E-state index in [9.17, 15) is 0 Å². The lowest BCUT2D eigenvalue weighted by Gasteiger charge is -2.33. The number of rotatable bonds is 5. The molecule has 3 heterocycles. The van der Waals surface area contributed by atoms with Crippen LogP contribution in [0.5, 0.6) is 17.2 Å². The van der Waals surface area contributed by atoms with Crippen LogP contribution in [0, 0.1) is 5.92 Å². The van der Waals surface area contributed by atoms with E-state index >= 15 is 0 Å². The molecule has 0 saturated carbocycles. The molecule has 24 heavy (non-hydrogen) atoms. The van der Waals surface area contributed by atoms with Crippen molar-refractivity contribution in [3.63, 3.8) is 0 Å². The molecule has 0 spiro atoms. The predicted molar refractivity (Wildman–Crippen MR) is 89.3 cm³/mol. The molecule has 2 aliphatic heterocycles. The molecule has 0 radical (unpaired) electrons. The molecule has 0 amide bonds. The van der Waals surface area contributed by atoms with E-state index in [0.717, 1.165) is 49.0 Å². The van der Waals surface area contributed by atoms with Gasteiger partial charge in [0.2, 0.25) is 6.79 Å². The fourth-order valence-corrected chi connectivity index (χ4v) is 3.66. The van der Waals surface area contributed by atoms with Crippen molar-refractivity contribution < 1.29 is 14.2 Å². The van der Waals surface area contributed by atoms with Gasteiger partial charge in [0.1, 0.15) is 5.75 Å². The second-order valence-electron chi connectivity index (χ2n) is 6.52. The van der Waals surface area contributed by atoms with Crippen LogP contribution in [-0.2, 0) is 13.1 Å². The van der Waals surface area contributed by atoms with E-state index in [-0.39, 0.29) is 0 Å². The number of hydrogen-bond acceptors (Lipinski definition) is 5. The topological polar surface area (TPSA) is 48.8 Å². The van der Waals surface area contributed by atoms with Gasteiger partial charge in [-0.15, -0.1) is 0 Å². The fourth-order valence-electron chi connectivity index (χ4n) is 3.66. The Morgan fingerprint density at radius 2 is 2.17 bits per heavy atom. The lowest BCUT2D eigenvalue weighted by atomic mass is 9.97. The molecule has 1 unspecified atom stereocenters. The predicted octanol–water partition coefficient (Wildman–Crippen LogP) is 2.53. The summed E-state index contributed by atoms with van der Waals surface area (Å²) in [4.78, 5) is 6.64. The van der Waals surface area contributed by atoms with Crippen molar-refractivity contribution in [1.29, 1.82) is 0 Å². The quantitative estimate of drug-likeness (QED) is 0.844. The summed E-state index contributed by atoms with van der Waals surface area (Å²) in [5.74, 6) is 3.12. The number of aromatic nitrogens is 2. The first-order valence-corrected chi connectivity index (χ1v) is 8.46. The van der Waals surface area contributed by atoms with Gasteiger partial charge in [0.25, 0.3) is 0 Å². The molecule has 2 aromatic rings. The highest BCUT2D eigenvalue weighted by molar-refractivity contribution is 5.51.